The van der Waals surface area contributed by atoms with Crippen LogP contribution in [0.5, 0.6) is 0 Å². The van der Waals surface area contributed by atoms with Gasteiger partial charge in [-0.05, 0) is 97.8 Å². The molecule has 0 aromatic heterocycles. The maximum Gasteiger partial charge on any atom is -0.00235 e. The summed E-state index contributed by atoms with van der Waals surface area (Å²) in [5.41, 5.74) is 7.23. The van der Waals surface area contributed by atoms with Crippen LogP contribution < -0.4 is 10.4 Å². The number of fused-ring (bicyclic) bond motifs is 4. The molecule has 1 atom stereocenters. The Kier molecular flexibility index (Phi) is 4.65. The van der Waals surface area contributed by atoms with Gasteiger partial charge >= 0.3 is 0 Å². The molecule has 3 aliphatic rings. The van der Waals surface area contributed by atoms with Gasteiger partial charge in [-0.15, -0.1) is 0 Å². The molecule has 0 radical (unpaired) electrons. The van der Waals surface area contributed by atoms with E-state index in [1.54, 1.807) is 0 Å². The van der Waals surface area contributed by atoms with Gasteiger partial charge in [0, 0.05) is 0 Å². The van der Waals surface area contributed by atoms with Crippen molar-refractivity contribution in [2.24, 2.45) is 5.92 Å². The first-order valence-corrected chi connectivity index (χ1v) is 12.7. The number of hydrogen-bond donors (Lipinski definition) is 0. The summed E-state index contributed by atoms with van der Waals surface area (Å²) in [6.45, 7) is 0. The van der Waals surface area contributed by atoms with Crippen LogP contribution in [0.25, 0.3) is 50.4 Å². The second kappa shape index (κ2) is 7.99. The average Bonchev–Trinajstić information content (AvgIpc) is 2.91. The Labute approximate surface area is 200 Å². The lowest BCUT2D eigenvalue weighted by Gasteiger charge is -2.27. The molecule has 0 fully saturated rings. The summed E-state index contributed by atoms with van der Waals surface area (Å²) < 4.78 is 0. The lowest BCUT2D eigenvalue weighted by atomic mass is 9.77. The molecule has 0 bridgehead atoms. The van der Waals surface area contributed by atoms with Crippen molar-refractivity contribution < 1.29 is 0 Å². The van der Waals surface area contributed by atoms with E-state index < -0.39 is 0 Å². The van der Waals surface area contributed by atoms with E-state index in [4.69, 9.17) is 0 Å². The van der Waals surface area contributed by atoms with Crippen molar-refractivity contribution in [3.8, 4) is 11.1 Å². The summed E-state index contributed by atoms with van der Waals surface area (Å²) >= 11 is 0. The molecule has 164 valence electrons. The molecule has 0 nitrogen and oxygen atoms in total. The van der Waals surface area contributed by atoms with Crippen LogP contribution >= 0.6 is 0 Å². The van der Waals surface area contributed by atoms with Crippen LogP contribution in [-0.2, 0) is 0 Å². The molecule has 34 heavy (non-hydrogen) atoms. The quantitative estimate of drug-likeness (QED) is 0.302. The molecule has 0 spiro atoms. The second-order valence-corrected chi connectivity index (χ2v) is 9.87. The van der Waals surface area contributed by atoms with E-state index in [2.05, 4.69) is 103 Å². The Hall–Kier alpha value is -3.64. The van der Waals surface area contributed by atoms with Gasteiger partial charge in [-0.1, -0.05) is 103 Å². The molecule has 0 heterocycles. The Morgan fingerprint density at radius 2 is 1.32 bits per heavy atom. The van der Waals surface area contributed by atoms with E-state index in [1.807, 2.05) is 0 Å². The Morgan fingerprint density at radius 3 is 2.18 bits per heavy atom. The lowest BCUT2D eigenvalue weighted by Crippen LogP contribution is -2.33. The standard InChI is InChI=1S/C34H28/c1-2-12-25-22-26(21-20-23(25)10-1)33-29-15-5-7-17-31(29)34(32-18-8-6-16-30(32)33)28-19-9-13-24-11-3-4-14-27(24)28/h1,3-5,7,9-11,13-21,25H,2,6,8,12,22H2. The fraction of sp³-hybridized carbons (Fsp3) is 0.176. The fourth-order valence-electron chi connectivity index (χ4n) is 6.38. The summed E-state index contributed by atoms with van der Waals surface area (Å²) in [4.78, 5) is 0. The van der Waals surface area contributed by atoms with E-state index in [0.717, 1.165) is 19.3 Å². The lowest BCUT2D eigenvalue weighted by molar-refractivity contribution is 0.573. The summed E-state index contributed by atoms with van der Waals surface area (Å²) in [5, 5.41) is 8.28. The van der Waals surface area contributed by atoms with Gasteiger partial charge in [-0.2, -0.15) is 0 Å². The number of benzene rings is 4. The number of allylic oxidation sites excluding steroid dienone is 6. The van der Waals surface area contributed by atoms with Gasteiger partial charge in [0.2, 0.25) is 0 Å². The molecule has 0 saturated heterocycles. The average molecular weight is 437 g/mol. The van der Waals surface area contributed by atoms with Crippen molar-refractivity contribution in [1.82, 2.24) is 0 Å². The highest BCUT2D eigenvalue weighted by Gasteiger charge is 2.24. The van der Waals surface area contributed by atoms with Crippen LogP contribution in [0, 0.1) is 5.92 Å². The fourth-order valence-corrected chi connectivity index (χ4v) is 6.38. The normalized spacial score (nSPS) is 19.0. The van der Waals surface area contributed by atoms with E-state index in [1.165, 1.54) is 72.7 Å². The smallest absolute Gasteiger partial charge is 0.00235 e. The zero-order valence-corrected chi connectivity index (χ0v) is 19.4. The molecule has 0 N–H and O–H groups in total. The minimum absolute atomic E-state index is 0.657. The third kappa shape index (κ3) is 3.06. The van der Waals surface area contributed by atoms with Crippen LogP contribution in [0.4, 0.5) is 0 Å². The SMILES string of the molecule is C1=CC2=CC=C(c3c4c(c(-c5cccc6ccccc56)c5ccccc35)=CCCC=4)CC2CC1. The highest BCUT2D eigenvalue weighted by molar-refractivity contribution is 6.09. The van der Waals surface area contributed by atoms with Crippen molar-refractivity contribution in [2.45, 2.75) is 32.1 Å². The topological polar surface area (TPSA) is 0 Å². The number of hydrogen-bond acceptors (Lipinski definition) is 0. The van der Waals surface area contributed by atoms with Gasteiger partial charge in [-0.25, -0.2) is 0 Å². The van der Waals surface area contributed by atoms with Gasteiger partial charge in [0.05, 0.1) is 0 Å². The maximum atomic E-state index is 2.51. The van der Waals surface area contributed by atoms with Crippen LogP contribution in [0.15, 0.2) is 96.6 Å². The summed E-state index contributed by atoms with van der Waals surface area (Å²) in [5.74, 6) is 0.657. The minimum atomic E-state index is 0.657. The van der Waals surface area contributed by atoms with Crippen molar-refractivity contribution in [2.75, 3.05) is 0 Å². The van der Waals surface area contributed by atoms with Crippen molar-refractivity contribution in [3.63, 3.8) is 0 Å². The molecule has 0 aliphatic heterocycles. The van der Waals surface area contributed by atoms with Crippen LogP contribution in [0.2, 0.25) is 0 Å². The van der Waals surface area contributed by atoms with Gasteiger partial charge in [-0.3, -0.25) is 0 Å². The highest BCUT2D eigenvalue weighted by atomic mass is 14.3. The van der Waals surface area contributed by atoms with Crippen molar-refractivity contribution in [1.29, 1.82) is 0 Å². The van der Waals surface area contributed by atoms with E-state index >= 15 is 0 Å². The molecule has 0 amide bonds. The third-order valence-corrected chi connectivity index (χ3v) is 7.95. The predicted octanol–water partition coefficient (Wildman–Crippen LogP) is 7.69. The molecule has 3 aliphatic carbocycles. The molecular weight excluding hydrogens is 408 g/mol. The van der Waals surface area contributed by atoms with E-state index in [0.29, 0.717) is 5.92 Å². The maximum absolute atomic E-state index is 2.51. The van der Waals surface area contributed by atoms with Gasteiger partial charge < -0.3 is 0 Å². The zero-order chi connectivity index (χ0) is 22.5. The largest absolute Gasteiger partial charge is 0.0842 e. The van der Waals surface area contributed by atoms with Gasteiger partial charge in [0.25, 0.3) is 0 Å². The molecular formula is C34H28. The van der Waals surface area contributed by atoms with Gasteiger partial charge in [0.15, 0.2) is 0 Å². The Bertz CT molecular complexity index is 1670. The molecule has 4 aromatic rings. The summed E-state index contributed by atoms with van der Waals surface area (Å²) in [7, 11) is 0. The van der Waals surface area contributed by atoms with Crippen molar-refractivity contribution >= 4 is 39.3 Å². The van der Waals surface area contributed by atoms with Crippen molar-refractivity contribution in [3.05, 3.63) is 113 Å². The van der Waals surface area contributed by atoms with Crippen LogP contribution in [-0.4, -0.2) is 0 Å². The molecule has 7 rings (SSSR count). The monoisotopic (exact) mass is 436 g/mol. The summed E-state index contributed by atoms with van der Waals surface area (Å²) in [6.07, 6.45) is 20.3. The van der Waals surface area contributed by atoms with Crippen LogP contribution in [0.1, 0.15) is 37.7 Å². The van der Waals surface area contributed by atoms with Crippen LogP contribution in [0.3, 0.4) is 0 Å². The van der Waals surface area contributed by atoms with E-state index in [9.17, 15) is 0 Å². The third-order valence-electron chi connectivity index (χ3n) is 7.95. The minimum Gasteiger partial charge on any atom is -0.0842 e. The molecule has 4 aromatic carbocycles. The van der Waals surface area contributed by atoms with E-state index in [-0.39, 0.29) is 0 Å². The predicted molar refractivity (Wildman–Crippen MR) is 147 cm³/mol. The Morgan fingerprint density at radius 1 is 0.618 bits per heavy atom. The zero-order valence-electron chi connectivity index (χ0n) is 19.4. The molecule has 0 heteroatoms. The number of rotatable bonds is 2. The molecule has 0 saturated carbocycles. The first kappa shape index (κ1) is 19.8. The van der Waals surface area contributed by atoms with Gasteiger partial charge in [0.1, 0.15) is 0 Å². The molecule has 1 unspecified atom stereocenters. The first-order valence-electron chi connectivity index (χ1n) is 12.7. The second-order valence-electron chi connectivity index (χ2n) is 9.87. The summed E-state index contributed by atoms with van der Waals surface area (Å²) in [6, 6.07) is 24.7. The first-order chi connectivity index (χ1) is 16.9. The highest BCUT2D eigenvalue weighted by Crippen LogP contribution is 2.39. The Balaban J connectivity index is 1.58.